The van der Waals surface area contributed by atoms with Gasteiger partial charge in [0.2, 0.25) is 5.91 Å². The third-order valence-corrected chi connectivity index (χ3v) is 3.74. The molecule has 1 saturated carbocycles. The van der Waals surface area contributed by atoms with Gasteiger partial charge in [-0.05, 0) is 25.2 Å². The van der Waals surface area contributed by atoms with Crippen LogP contribution in [0.15, 0.2) is 0 Å². The van der Waals surface area contributed by atoms with Crippen molar-refractivity contribution in [3.8, 4) is 0 Å². The van der Waals surface area contributed by atoms with Crippen LogP contribution < -0.4 is 5.32 Å². The standard InChI is InChI=1S/C14H23NO5/c1-8(2)7-11(14(19)20)15-12(16)9-5-3-4-6-10(9)13(17)18/h8-11H,3-7H2,1-2H3,(H,15,16)(H,17,18)(H,19,20)/t9-,10+,11-/m0/s1. The van der Waals surface area contributed by atoms with Crippen molar-refractivity contribution in [3.05, 3.63) is 0 Å². The summed E-state index contributed by atoms with van der Waals surface area (Å²) in [5, 5.41) is 20.8. The van der Waals surface area contributed by atoms with Crippen molar-refractivity contribution in [1.29, 1.82) is 0 Å². The molecule has 1 rings (SSSR count). The third kappa shape index (κ3) is 4.51. The van der Waals surface area contributed by atoms with Crippen LogP contribution in [0.25, 0.3) is 0 Å². The van der Waals surface area contributed by atoms with E-state index in [1.165, 1.54) is 0 Å². The second-order valence-electron chi connectivity index (χ2n) is 5.86. The second kappa shape index (κ2) is 7.26. The van der Waals surface area contributed by atoms with E-state index in [-0.39, 0.29) is 5.92 Å². The van der Waals surface area contributed by atoms with Crippen LogP contribution in [0.3, 0.4) is 0 Å². The molecule has 0 saturated heterocycles. The molecule has 0 spiro atoms. The molecule has 0 unspecified atom stereocenters. The maximum Gasteiger partial charge on any atom is 0.326 e. The van der Waals surface area contributed by atoms with Crippen LogP contribution in [-0.4, -0.2) is 34.1 Å². The molecule has 0 aromatic rings. The number of carbonyl (C=O) groups excluding carboxylic acids is 1. The van der Waals surface area contributed by atoms with Crippen molar-refractivity contribution >= 4 is 17.8 Å². The molecule has 0 aliphatic heterocycles. The van der Waals surface area contributed by atoms with Gasteiger partial charge in [0.05, 0.1) is 11.8 Å². The minimum absolute atomic E-state index is 0.137. The molecular weight excluding hydrogens is 262 g/mol. The highest BCUT2D eigenvalue weighted by atomic mass is 16.4. The van der Waals surface area contributed by atoms with Crippen LogP contribution in [0.2, 0.25) is 0 Å². The third-order valence-electron chi connectivity index (χ3n) is 3.74. The van der Waals surface area contributed by atoms with Gasteiger partial charge in [-0.2, -0.15) is 0 Å². The van der Waals surface area contributed by atoms with Crippen LogP contribution in [0.1, 0.15) is 46.0 Å². The topological polar surface area (TPSA) is 104 Å². The number of amides is 1. The number of hydrogen-bond donors (Lipinski definition) is 3. The fourth-order valence-corrected chi connectivity index (χ4v) is 2.71. The van der Waals surface area contributed by atoms with Crippen molar-refractivity contribution in [2.45, 2.75) is 52.0 Å². The molecule has 0 heterocycles. The van der Waals surface area contributed by atoms with Crippen LogP contribution in [-0.2, 0) is 14.4 Å². The van der Waals surface area contributed by atoms with E-state index in [2.05, 4.69) is 5.32 Å². The first-order valence-electron chi connectivity index (χ1n) is 7.09. The van der Waals surface area contributed by atoms with Gasteiger partial charge in [-0.25, -0.2) is 4.79 Å². The average molecular weight is 285 g/mol. The summed E-state index contributed by atoms with van der Waals surface area (Å²) in [7, 11) is 0. The summed E-state index contributed by atoms with van der Waals surface area (Å²) >= 11 is 0. The Balaban J connectivity index is 2.71. The van der Waals surface area contributed by atoms with E-state index in [4.69, 9.17) is 10.2 Å². The first-order valence-corrected chi connectivity index (χ1v) is 7.09. The highest BCUT2D eigenvalue weighted by Gasteiger charge is 2.37. The summed E-state index contributed by atoms with van der Waals surface area (Å²) in [5.74, 6) is -3.66. The molecule has 6 nitrogen and oxygen atoms in total. The molecule has 3 atom stereocenters. The summed E-state index contributed by atoms with van der Waals surface area (Å²) in [6, 6.07) is -0.945. The van der Waals surface area contributed by atoms with E-state index in [9.17, 15) is 14.4 Å². The van der Waals surface area contributed by atoms with E-state index in [1.807, 2.05) is 13.8 Å². The Hall–Kier alpha value is -1.59. The number of carboxylic acid groups (broad SMARTS) is 2. The normalized spacial score (nSPS) is 24.1. The smallest absolute Gasteiger partial charge is 0.326 e. The largest absolute Gasteiger partial charge is 0.481 e. The average Bonchev–Trinajstić information content (AvgIpc) is 2.37. The maximum absolute atomic E-state index is 12.2. The monoisotopic (exact) mass is 285 g/mol. The summed E-state index contributed by atoms with van der Waals surface area (Å²) in [6.07, 6.45) is 2.94. The molecule has 1 aliphatic carbocycles. The molecule has 1 aliphatic rings. The SMILES string of the molecule is CC(C)C[C@H](NC(=O)[C@H]1CCCC[C@H]1C(=O)O)C(=O)O. The number of carboxylic acids is 2. The van der Waals surface area contributed by atoms with E-state index < -0.39 is 35.7 Å². The lowest BCUT2D eigenvalue weighted by Crippen LogP contribution is -2.47. The first-order chi connectivity index (χ1) is 9.32. The van der Waals surface area contributed by atoms with Gasteiger partial charge in [0, 0.05) is 0 Å². The summed E-state index contributed by atoms with van der Waals surface area (Å²) in [5.41, 5.74) is 0. The van der Waals surface area contributed by atoms with E-state index >= 15 is 0 Å². The summed E-state index contributed by atoms with van der Waals surface area (Å²) in [6.45, 7) is 3.76. The van der Waals surface area contributed by atoms with Crippen molar-refractivity contribution in [3.63, 3.8) is 0 Å². The van der Waals surface area contributed by atoms with Crippen molar-refractivity contribution < 1.29 is 24.6 Å². The van der Waals surface area contributed by atoms with Crippen molar-refractivity contribution in [1.82, 2.24) is 5.32 Å². The van der Waals surface area contributed by atoms with E-state index in [1.54, 1.807) is 0 Å². The lowest BCUT2D eigenvalue weighted by molar-refractivity contribution is -0.150. The number of hydrogen-bond acceptors (Lipinski definition) is 3. The predicted octanol–water partition coefficient (Wildman–Crippen LogP) is 1.49. The molecule has 6 heteroatoms. The van der Waals surface area contributed by atoms with Gasteiger partial charge >= 0.3 is 11.9 Å². The zero-order valence-corrected chi connectivity index (χ0v) is 12.0. The molecule has 1 amide bonds. The molecule has 20 heavy (non-hydrogen) atoms. The van der Waals surface area contributed by atoms with Crippen LogP contribution in [0.5, 0.6) is 0 Å². The van der Waals surface area contributed by atoms with Gasteiger partial charge < -0.3 is 15.5 Å². The molecule has 0 radical (unpaired) electrons. The second-order valence-corrected chi connectivity index (χ2v) is 5.86. The molecule has 0 aromatic heterocycles. The van der Waals surface area contributed by atoms with E-state index in [0.717, 1.165) is 12.8 Å². The zero-order chi connectivity index (χ0) is 15.3. The Labute approximate surface area is 118 Å². The number of rotatable bonds is 6. The Morgan fingerprint density at radius 3 is 2.10 bits per heavy atom. The lowest BCUT2D eigenvalue weighted by atomic mass is 9.78. The Morgan fingerprint density at radius 1 is 1.10 bits per heavy atom. The van der Waals surface area contributed by atoms with Crippen molar-refractivity contribution in [2.75, 3.05) is 0 Å². The molecule has 3 N–H and O–H groups in total. The quantitative estimate of drug-likeness (QED) is 0.686. The summed E-state index contributed by atoms with van der Waals surface area (Å²) < 4.78 is 0. The molecule has 0 bridgehead atoms. The Kier molecular flexibility index (Phi) is 5.98. The van der Waals surface area contributed by atoms with Gasteiger partial charge in [-0.1, -0.05) is 26.7 Å². The van der Waals surface area contributed by atoms with Crippen LogP contribution >= 0.6 is 0 Å². The number of nitrogens with one attached hydrogen (secondary N) is 1. The summed E-state index contributed by atoms with van der Waals surface area (Å²) in [4.78, 5) is 34.5. The molecule has 0 aromatic carbocycles. The zero-order valence-electron chi connectivity index (χ0n) is 12.0. The van der Waals surface area contributed by atoms with Crippen LogP contribution in [0.4, 0.5) is 0 Å². The number of carbonyl (C=O) groups is 3. The highest BCUT2D eigenvalue weighted by Crippen LogP contribution is 2.30. The first kappa shape index (κ1) is 16.5. The van der Waals surface area contributed by atoms with Crippen LogP contribution in [0, 0.1) is 17.8 Å². The van der Waals surface area contributed by atoms with Gasteiger partial charge in [-0.15, -0.1) is 0 Å². The highest BCUT2D eigenvalue weighted by molar-refractivity contribution is 5.88. The predicted molar refractivity (Wildman–Crippen MR) is 72.1 cm³/mol. The Bertz CT molecular complexity index is 380. The van der Waals surface area contributed by atoms with E-state index in [0.29, 0.717) is 19.3 Å². The molecule has 1 fully saturated rings. The van der Waals surface area contributed by atoms with Gasteiger partial charge in [0.1, 0.15) is 6.04 Å². The minimum Gasteiger partial charge on any atom is -0.481 e. The molecule has 114 valence electrons. The molecular formula is C14H23NO5. The van der Waals surface area contributed by atoms with Crippen molar-refractivity contribution in [2.24, 2.45) is 17.8 Å². The van der Waals surface area contributed by atoms with Gasteiger partial charge in [-0.3, -0.25) is 9.59 Å². The Morgan fingerprint density at radius 2 is 1.65 bits per heavy atom. The maximum atomic E-state index is 12.2. The lowest BCUT2D eigenvalue weighted by Gasteiger charge is -2.28. The van der Waals surface area contributed by atoms with Gasteiger partial charge in [0.15, 0.2) is 0 Å². The number of aliphatic carboxylic acids is 2. The fourth-order valence-electron chi connectivity index (χ4n) is 2.71. The minimum atomic E-state index is -1.07. The fraction of sp³-hybridized carbons (Fsp3) is 0.786. The van der Waals surface area contributed by atoms with Gasteiger partial charge in [0.25, 0.3) is 0 Å².